The van der Waals surface area contributed by atoms with E-state index in [1.807, 2.05) is 0 Å². The molecule has 86 valence electrons. The predicted octanol–water partition coefficient (Wildman–Crippen LogP) is 2.02. The molecule has 1 saturated carbocycles. The van der Waals surface area contributed by atoms with E-state index in [-0.39, 0.29) is 11.8 Å². The number of rotatable bonds is 3. The molecule has 0 heterocycles. The highest BCUT2D eigenvalue weighted by atomic mass is 16.5. The molecule has 1 aliphatic rings. The Morgan fingerprint density at radius 1 is 1.50 bits per heavy atom. The third-order valence-corrected chi connectivity index (χ3v) is 2.98. The van der Waals surface area contributed by atoms with Gasteiger partial charge in [0.2, 0.25) is 5.91 Å². The van der Waals surface area contributed by atoms with Crippen molar-refractivity contribution in [2.24, 2.45) is 5.92 Å². The van der Waals surface area contributed by atoms with Crippen LogP contribution in [0.3, 0.4) is 0 Å². The first-order chi connectivity index (χ1) is 7.70. The zero-order valence-electron chi connectivity index (χ0n) is 9.32. The third kappa shape index (κ3) is 2.10. The van der Waals surface area contributed by atoms with Crippen molar-refractivity contribution in [3.05, 3.63) is 18.2 Å². The van der Waals surface area contributed by atoms with Gasteiger partial charge < -0.3 is 15.8 Å². The SMILES string of the molecule is COc1cc(NC(=O)C2CCC2)ccc1N. The molecule has 1 aliphatic carbocycles. The van der Waals surface area contributed by atoms with Crippen molar-refractivity contribution in [2.45, 2.75) is 19.3 Å². The number of benzene rings is 1. The van der Waals surface area contributed by atoms with E-state index in [0.29, 0.717) is 11.4 Å². The minimum absolute atomic E-state index is 0.0954. The van der Waals surface area contributed by atoms with Crippen LogP contribution in [0.2, 0.25) is 0 Å². The number of hydrogen-bond donors (Lipinski definition) is 2. The number of carbonyl (C=O) groups excluding carboxylic acids is 1. The Morgan fingerprint density at radius 3 is 2.81 bits per heavy atom. The third-order valence-electron chi connectivity index (χ3n) is 2.98. The molecule has 4 heteroatoms. The molecule has 4 nitrogen and oxygen atoms in total. The molecule has 0 saturated heterocycles. The van der Waals surface area contributed by atoms with E-state index in [1.165, 1.54) is 0 Å². The van der Waals surface area contributed by atoms with Crippen LogP contribution in [-0.2, 0) is 4.79 Å². The largest absolute Gasteiger partial charge is 0.495 e. The fraction of sp³-hybridized carbons (Fsp3) is 0.417. The summed E-state index contributed by atoms with van der Waals surface area (Å²) in [5.41, 5.74) is 7.00. The van der Waals surface area contributed by atoms with E-state index in [9.17, 15) is 4.79 Å². The number of methoxy groups -OCH3 is 1. The van der Waals surface area contributed by atoms with Gasteiger partial charge in [0, 0.05) is 17.7 Å². The second-order valence-corrected chi connectivity index (χ2v) is 4.07. The Balaban J connectivity index is 2.06. The van der Waals surface area contributed by atoms with Crippen LogP contribution in [0.5, 0.6) is 5.75 Å². The topological polar surface area (TPSA) is 64.3 Å². The highest BCUT2D eigenvalue weighted by molar-refractivity contribution is 5.93. The summed E-state index contributed by atoms with van der Waals surface area (Å²) >= 11 is 0. The van der Waals surface area contributed by atoms with Crippen molar-refractivity contribution in [3.8, 4) is 5.75 Å². The van der Waals surface area contributed by atoms with Gasteiger partial charge in [-0.1, -0.05) is 6.42 Å². The summed E-state index contributed by atoms with van der Waals surface area (Å²) in [5, 5.41) is 2.87. The minimum atomic E-state index is 0.0954. The molecule has 0 radical (unpaired) electrons. The van der Waals surface area contributed by atoms with E-state index in [4.69, 9.17) is 10.5 Å². The molecular formula is C12H16N2O2. The fourth-order valence-corrected chi connectivity index (χ4v) is 1.70. The summed E-state index contributed by atoms with van der Waals surface area (Å²) < 4.78 is 5.09. The number of nitrogen functional groups attached to an aromatic ring is 1. The molecule has 16 heavy (non-hydrogen) atoms. The van der Waals surface area contributed by atoms with Gasteiger partial charge in [0.25, 0.3) is 0 Å². The summed E-state index contributed by atoms with van der Waals surface area (Å²) in [5.74, 6) is 0.869. The number of ether oxygens (including phenoxy) is 1. The number of amides is 1. The minimum Gasteiger partial charge on any atom is -0.495 e. The van der Waals surface area contributed by atoms with Gasteiger partial charge in [-0.2, -0.15) is 0 Å². The summed E-state index contributed by atoms with van der Waals surface area (Å²) in [6.45, 7) is 0. The number of carbonyl (C=O) groups is 1. The number of nitrogens with two attached hydrogens (primary N) is 1. The van der Waals surface area contributed by atoms with Crippen LogP contribution < -0.4 is 15.8 Å². The molecule has 0 aromatic heterocycles. The number of hydrogen-bond acceptors (Lipinski definition) is 3. The summed E-state index contributed by atoms with van der Waals surface area (Å²) in [6.07, 6.45) is 3.15. The highest BCUT2D eigenvalue weighted by Gasteiger charge is 2.25. The van der Waals surface area contributed by atoms with Gasteiger partial charge in [-0.3, -0.25) is 4.79 Å². The molecular weight excluding hydrogens is 204 g/mol. The second kappa shape index (κ2) is 4.43. The molecule has 2 rings (SSSR count). The van der Waals surface area contributed by atoms with Crippen LogP contribution in [0.4, 0.5) is 11.4 Å². The van der Waals surface area contributed by atoms with Crippen molar-refractivity contribution in [1.29, 1.82) is 0 Å². The normalized spacial score (nSPS) is 15.3. The maximum Gasteiger partial charge on any atom is 0.227 e. The zero-order chi connectivity index (χ0) is 11.5. The smallest absolute Gasteiger partial charge is 0.227 e. The lowest BCUT2D eigenvalue weighted by molar-refractivity contribution is -0.122. The summed E-state index contributed by atoms with van der Waals surface area (Å²) in [7, 11) is 1.56. The van der Waals surface area contributed by atoms with Crippen molar-refractivity contribution in [1.82, 2.24) is 0 Å². The van der Waals surface area contributed by atoms with E-state index in [0.717, 1.165) is 24.9 Å². The van der Waals surface area contributed by atoms with Crippen LogP contribution in [0.15, 0.2) is 18.2 Å². The summed E-state index contributed by atoms with van der Waals surface area (Å²) in [6, 6.07) is 5.26. The molecule has 3 N–H and O–H groups in total. The monoisotopic (exact) mass is 220 g/mol. The van der Waals surface area contributed by atoms with E-state index < -0.39 is 0 Å². The van der Waals surface area contributed by atoms with Crippen LogP contribution in [0, 0.1) is 5.92 Å². The van der Waals surface area contributed by atoms with Crippen LogP contribution in [-0.4, -0.2) is 13.0 Å². The van der Waals surface area contributed by atoms with Crippen LogP contribution in [0.1, 0.15) is 19.3 Å². The van der Waals surface area contributed by atoms with Crippen molar-refractivity contribution >= 4 is 17.3 Å². The maximum absolute atomic E-state index is 11.7. The Morgan fingerprint density at radius 2 is 2.25 bits per heavy atom. The molecule has 0 spiro atoms. The van der Waals surface area contributed by atoms with E-state index in [2.05, 4.69) is 5.32 Å². The molecule has 0 aliphatic heterocycles. The Labute approximate surface area is 94.8 Å². The molecule has 1 aromatic rings. The Bertz CT molecular complexity index is 400. The van der Waals surface area contributed by atoms with Crippen molar-refractivity contribution in [3.63, 3.8) is 0 Å². The average molecular weight is 220 g/mol. The molecule has 1 aromatic carbocycles. The molecule has 0 bridgehead atoms. The Kier molecular flexibility index (Phi) is 2.99. The van der Waals surface area contributed by atoms with Gasteiger partial charge in [0.15, 0.2) is 0 Å². The van der Waals surface area contributed by atoms with Crippen molar-refractivity contribution < 1.29 is 9.53 Å². The van der Waals surface area contributed by atoms with Gasteiger partial charge in [0.05, 0.1) is 12.8 Å². The summed E-state index contributed by atoms with van der Waals surface area (Å²) in [4.78, 5) is 11.7. The maximum atomic E-state index is 11.7. The first-order valence-corrected chi connectivity index (χ1v) is 5.45. The van der Waals surface area contributed by atoms with Crippen molar-refractivity contribution in [2.75, 3.05) is 18.2 Å². The lowest BCUT2D eigenvalue weighted by Crippen LogP contribution is -2.28. The van der Waals surface area contributed by atoms with Crippen LogP contribution >= 0.6 is 0 Å². The lowest BCUT2D eigenvalue weighted by atomic mass is 9.85. The quantitative estimate of drug-likeness (QED) is 0.766. The number of anilines is 2. The molecule has 0 unspecified atom stereocenters. The predicted molar refractivity (Wildman–Crippen MR) is 63.4 cm³/mol. The molecule has 1 fully saturated rings. The lowest BCUT2D eigenvalue weighted by Gasteiger charge is -2.24. The van der Waals surface area contributed by atoms with E-state index in [1.54, 1.807) is 25.3 Å². The fourth-order valence-electron chi connectivity index (χ4n) is 1.70. The Hall–Kier alpha value is -1.71. The van der Waals surface area contributed by atoms with Gasteiger partial charge >= 0.3 is 0 Å². The molecule has 0 atom stereocenters. The first-order valence-electron chi connectivity index (χ1n) is 5.45. The van der Waals surface area contributed by atoms with Gasteiger partial charge in [0.1, 0.15) is 5.75 Å². The highest BCUT2D eigenvalue weighted by Crippen LogP contribution is 2.29. The second-order valence-electron chi connectivity index (χ2n) is 4.07. The first kappa shape index (κ1) is 10.8. The zero-order valence-corrected chi connectivity index (χ0v) is 9.32. The van der Waals surface area contributed by atoms with Gasteiger partial charge in [-0.25, -0.2) is 0 Å². The standard InChI is InChI=1S/C12H16N2O2/c1-16-11-7-9(5-6-10(11)13)14-12(15)8-3-2-4-8/h5-8H,2-4,13H2,1H3,(H,14,15). The van der Waals surface area contributed by atoms with Gasteiger partial charge in [-0.05, 0) is 25.0 Å². The van der Waals surface area contributed by atoms with E-state index >= 15 is 0 Å². The average Bonchev–Trinajstić information content (AvgIpc) is 2.18. The number of nitrogens with one attached hydrogen (secondary N) is 1. The van der Waals surface area contributed by atoms with Gasteiger partial charge in [-0.15, -0.1) is 0 Å². The van der Waals surface area contributed by atoms with Crippen LogP contribution in [0.25, 0.3) is 0 Å². The molecule has 1 amide bonds.